The zero-order valence-electron chi connectivity index (χ0n) is 41.4. The van der Waals surface area contributed by atoms with Crippen LogP contribution in [0.2, 0.25) is 0 Å². The van der Waals surface area contributed by atoms with Gasteiger partial charge >= 0.3 is 0 Å². The number of hydrogen-bond acceptors (Lipinski definition) is 3. The van der Waals surface area contributed by atoms with Crippen molar-refractivity contribution in [3.05, 3.63) is 234 Å². The van der Waals surface area contributed by atoms with E-state index >= 15 is 0 Å². The molecule has 3 N–H and O–H groups in total. The van der Waals surface area contributed by atoms with E-state index in [-0.39, 0.29) is 16.2 Å². The number of rotatable bonds is 6. The van der Waals surface area contributed by atoms with Crippen molar-refractivity contribution in [1.29, 1.82) is 0 Å². The highest BCUT2D eigenvalue weighted by Gasteiger charge is 2.38. The molecule has 0 aliphatic heterocycles. The molecule has 3 heteroatoms. The number of aromatic hydroxyl groups is 3. The Bertz CT molecular complexity index is 3470. The van der Waals surface area contributed by atoms with Crippen LogP contribution in [0.5, 0.6) is 17.2 Å². The maximum Gasteiger partial charge on any atom is 0.115 e. The van der Waals surface area contributed by atoms with Crippen molar-refractivity contribution >= 4 is 0 Å². The zero-order valence-corrected chi connectivity index (χ0v) is 41.4. The minimum absolute atomic E-state index is 0.223. The summed E-state index contributed by atoms with van der Waals surface area (Å²) in [4.78, 5) is 0. The lowest BCUT2D eigenvalue weighted by molar-refractivity contribution is 0.472. The first kappa shape index (κ1) is 43.6. The lowest BCUT2D eigenvalue weighted by atomic mass is 9.81. The normalized spacial score (nSPS) is 14.8. The van der Waals surface area contributed by atoms with E-state index in [1.54, 1.807) is 18.2 Å². The van der Waals surface area contributed by atoms with Gasteiger partial charge in [0.15, 0.2) is 0 Å². The number of phenols is 3. The van der Waals surface area contributed by atoms with Gasteiger partial charge in [-0.1, -0.05) is 169 Å². The molecular weight excluding hydrogens is 877 g/mol. The lowest BCUT2D eigenvalue weighted by Crippen LogP contribution is -2.14. The Balaban J connectivity index is 0.852. The van der Waals surface area contributed by atoms with E-state index in [2.05, 4.69) is 187 Å². The molecule has 0 bridgehead atoms. The number of benzene rings is 10. The predicted molar refractivity (Wildman–Crippen MR) is 297 cm³/mol. The van der Waals surface area contributed by atoms with Gasteiger partial charge in [0.25, 0.3) is 0 Å². The molecule has 10 aromatic rings. The molecule has 0 unspecified atom stereocenters. The van der Waals surface area contributed by atoms with Crippen LogP contribution in [0, 0.1) is 0 Å². The molecule has 0 amide bonds. The quantitative estimate of drug-likeness (QED) is 0.156. The molecule has 0 fully saturated rings. The second-order valence-corrected chi connectivity index (χ2v) is 21.9. The first-order valence-electron chi connectivity index (χ1n) is 25.0. The second kappa shape index (κ2) is 15.5. The van der Waals surface area contributed by atoms with Gasteiger partial charge in [-0.05, 0) is 206 Å². The zero-order chi connectivity index (χ0) is 49.4. The van der Waals surface area contributed by atoms with E-state index in [1.165, 1.54) is 66.8 Å². The van der Waals surface area contributed by atoms with Crippen molar-refractivity contribution in [2.24, 2.45) is 0 Å². The smallest absolute Gasteiger partial charge is 0.115 e. The number of hydrogen-bond donors (Lipinski definition) is 3. The summed E-state index contributed by atoms with van der Waals surface area (Å²) in [6, 6.07) is 71.5. The van der Waals surface area contributed by atoms with Crippen LogP contribution in [0.15, 0.2) is 200 Å². The highest BCUT2D eigenvalue weighted by atomic mass is 16.3. The number of fused-ring (bicyclic) bond motifs is 9. The van der Waals surface area contributed by atoms with Crippen LogP contribution in [-0.4, -0.2) is 15.3 Å². The predicted octanol–water partition coefficient (Wildman–Crippen LogP) is 17.7. The van der Waals surface area contributed by atoms with Crippen LogP contribution in [0.1, 0.15) is 74.9 Å². The van der Waals surface area contributed by atoms with Gasteiger partial charge in [-0.25, -0.2) is 0 Å². The molecule has 3 aliphatic carbocycles. The highest BCUT2D eigenvalue weighted by Crippen LogP contribution is 2.53. The Morgan fingerprint density at radius 3 is 0.611 bits per heavy atom. The molecule has 0 heterocycles. The van der Waals surface area contributed by atoms with Crippen molar-refractivity contribution in [3.8, 4) is 117 Å². The largest absolute Gasteiger partial charge is 0.508 e. The highest BCUT2D eigenvalue weighted by molar-refractivity contribution is 5.89. The van der Waals surface area contributed by atoms with Crippen molar-refractivity contribution in [2.75, 3.05) is 0 Å². The molecule has 0 aromatic heterocycles. The Labute approximate surface area is 422 Å². The summed E-state index contributed by atoms with van der Waals surface area (Å²) in [5.41, 5.74) is 27.8. The summed E-state index contributed by atoms with van der Waals surface area (Å²) in [5.74, 6) is 0.905. The average molecular weight is 931 g/mol. The van der Waals surface area contributed by atoms with Crippen molar-refractivity contribution in [2.45, 2.75) is 57.8 Å². The molecule has 0 radical (unpaired) electrons. The van der Waals surface area contributed by atoms with Crippen LogP contribution in [-0.2, 0) is 16.2 Å². The maximum atomic E-state index is 10.4. The molecule has 348 valence electrons. The third-order valence-electron chi connectivity index (χ3n) is 16.6. The molecule has 0 saturated heterocycles. The standard InChI is InChI=1S/C69H54O3/c1-67(2)61-34-46(19-25-55(61)58-28-22-52(70)37-64(58)67)40-7-13-43(14-8-40)49-31-50(44-15-9-41(10-16-44)47-20-26-56-59-29-23-53(71)38-65(59)68(3,4)62(56)35-47)33-51(32-49)45-17-11-42(12-18-45)48-21-27-57-60-30-24-54(72)39-66(60)69(5,6)63(57)36-48/h7-39,70-72H,1-6H3. The van der Waals surface area contributed by atoms with Crippen molar-refractivity contribution in [3.63, 3.8) is 0 Å². The van der Waals surface area contributed by atoms with Gasteiger partial charge in [-0.2, -0.15) is 0 Å². The molecule has 3 nitrogen and oxygen atoms in total. The van der Waals surface area contributed by atoms with Gasteiger partial charge in [0.1, 0.15) is 17.2 Å². The fraction of sp³-hybridized carbons (Fsp3) is 0.130. The van der Waals surface area contributed by atoms with Crippen LogP contribution in [0.25, 0.3) is 100 Å². The fourth-order valence-corrected chi connectivity index (χ4v) is 12.4. The van der Waals surface area contributed by atoms with Gasteiger partial charge in [0.2, 0.25) is 0 Å². The Morgan fingerprint density at radius 2 is 0.375 bits per heavy atom. The molecule has 3 aliphatic rings. The monoisotopic (exact) mass is 930 g/mol. The summed E-state index contributed by atoms with van der Waals surface area (Å²) < 4.78 is 0. The Hall–Kier alpha value is -8.40. The fourth-order valence-electron chi connectivity index (χ4n) is 12.4. The molecule has 13 rings (SSSR count). The van der Waals surface area contributed by atoms with Gasteiger partial charge in [0.05, 0.1) is 0 Å². The summed E-state index contributed by atoms with van der Waals surface area (Å²) in [7, 11) is 0. The topological polar surface area (TPSA) is 60.7 Å². The molecule has 0 spiro atoms. The third kappa shape index (κ3) is 6.71. The Morgan fingerprint density at radius 1 is 0.194 bits per heavy atom. The molecule has 0 saturated carbocycles. The third-order valence-corrected chi connectivity index (χ3v) is 16.6. The van der Waals surface area contributed by atoms with Gasteiger partial charge in [-0.3, -0.25) is 0 Å². The molecule has 0 atom stereocenters. The minimum atomic E-state index is -0.223. The molecule has 72 heavy (non-hydrogen) atoms. The first-order valence-corrected chi connectivity index (χ1v) is 25.0. The van der Waals surface area contributed by atoms with E-state index in [0.717, 1.165) is 66.8 Å². The van der Waals surface area contributed by atoms with Crippen LogP contribution >= 0.6 is 0 Å². The van der Waals surface area contributed by atoms with E-state index in [0.29, 0.717) is 17.2 Å². The summed E-state index contributed by atoms with van der Waals surface area (Å²) >= 11 is 0. The van der Waals surface area contributed by atoms with Crippen LogP contribution < -0.4 is 0 Å². The summed E-state index contributed by atoms with van der Waals surface area (Å²) in [5, 5.41) is 31.1. The maximum absolute atomic E-state index is 10.4. The van der Waals surface area contributed by atoms with Gasteiger partial charge in [-0.15, -0.1) is 0 Å². The summed E-state index contributed by atoms with van der Waals surface area (Å²) in [6.45, 7) is 13.5. The minimum Gasteiger partial charge on any atom is -0.508 e. The molecular formula is C69H54O3. The lowest BCUT2D eigenvalue weighted by Gasteiger charge is -2.22. The van der Waals surface area contributed by atoms with Crippen molar-refractivity contribution in [1.82, 2.24) is 0 Å². The van der Waals surface area contributed by atoms with Gasteiger partial charge < -0.3 is 15.3 Å². The average Bonchev–Trinajstić information content (AvgIpc) is 3.86. The van der Waals surface area contributed by atoms with Crippen LogP contribution in [0.4, 0.5) is 0 Å². The van der Waals surface area contributed by atoms with E-state index in [1.807, 2.05) is 36.4 Å². The number of phenolic OH excluding ortho intramolecular Hbond substituents is 3. The Kier molecular flexibility index (Phi) is 9.42. The van der Waals surface area contributed by atoms with Crippen molar-refractivity contribution < 1.29 is 15.3 Å². The SMILES string of the molecule is CC1(C)c2cc(O)ccc2-c2ccc(-c3ccc(-c4cc(-c5ccc(-c6ccc7c(c6)C(C)(C)c6cc(O)ccc6-7)cc5)cc(-c5ccc(-c6ccc7c(c6)C(C)(C)c6cc(O)ccc6-7)cc5)c4)cc3)cc21. The summed E-state index contributed by atoms with van der Waals surface area (Å²) in [6.07, 6.45) is 0. The van der Waals surface area contributed by atoms with E-state index in [9.17, 15) is 15.3 Å². The first-order chi connectivity index (χ1) is 34.6. The molecule has 10 aromatic carbocycles. The van der Waals surface area contributed by atoms with E-state index in [4.69, 9.17) is 0 Å². The second-order valence-electron chi connectivity index (χ2n) is 21.9. The van der Waals surface area contributed by atoms with Crippen LogP contribution in [0.3, 0.4) is 0 Å². The van der Waals surface area contributed by atoms with Gasteiger partial charge in [0, 0.05) is 16.2 Å². The van der Waals surface area contributed by atoms with E-state index < -0.39 is 0 Å².